The fourth-order valence-electron chi connectivity index (χ4n) is 0.835. The van der Waals surface area contributed by atoms with E-state index in [1.54, 1.807) is 23.9 Å². The number of aliphatic hydroxyl groups excluding tert-OH is 1. The minimum Gasteiger partial charge on any atom is -0.478 e. The molecule has 0 amide bonds. The van der Waals surface area contributed by atoms with Crippen molar-refractivity contribution >= 4 is 23.4 Å². The van der Waals surface area contributed by atoms with Gasteiger partial charge in [0.15, 0.2) is 0 Å². The molecule has 16 heavy (non-hydrogen) atoms. The number of carboxylic acid groups (broad SMARTS) is 1. The first-order valence-electron chi connectivity index (χ1n) is 4.89. The molecule has 4 nitrogen and oxygen atoms in total. The van der Waals surface area contributed by atoms with E-state index in [4.69, 9.17) is 15.9 Å². The molecule has 4 N–H and O–H groups in total. The van der Waals surface area contributed by atoms with Gasteiger partial charge in [0.25, 0.3) is 0 Å². The molecule has 1 aromatic rings. The predicted octanol–water partition coefficient (Wildman–Crippen LogP) is 1.70. The monoisotopic (exact) mass is 243 g/mol. The third kappa shape index (κ3) is 7.14. The van der Waals surface area contributed by atoms with Gasteiger partial charge in [-0.3, -0.25) is 0 Å². The largest absolute Gasteiger partial charge is 0.478 e. The fourth-order valence-corrected chi connectivity index (χ4v) is 1.25. The quantitative estimate of drug-likeness (QED) is 0.553. The minimum absolute atomic E-state index is 0.259. The maximum atomic E-state index is 10.3. The van der Waals surface area contributed by atoms with Gasteiger partial charge in [-0.1, -0.05) is 6.92 Å². The third-order valence-corrected chi connectivity index (χ3v) is 2.48. The molecular formula is C11H17NO3S. The van der Waals surface area contributed by atoms with E-state index in [2.05, 4.69) is 6.92 Å². The van der Waals surface area contributed by atoms with Gasteiger partial charge in [-0.2, -0.15) is 11.8 Å². The Morgan fingerprint density at radius 2 is 1.94 bits per heavy atom. The first kappa shape index (κ1) is 14.8. The average molecular weight is 243 g/mol. The summed E-state index contributed by atoms with van der Waals surface area (Å²) in [4.78, 5) is 10.3. The second-order valence-electron chi connectivity index (χ2n) is 2.85. The van der Waals surface area contributed by atoms with E-state index in [0.29, 0.717) is 12.3 Å². The molecular weight excluding hydrogens is 226 g/mol. The number of thioether (sulfide) groups is 1. The standard InChI is InChI=1S/C7H7NO2.C4H10OS/c8-6-3-1-5(2-4-6)7(9)10;1-2-6-4-3-5/h1-4H,8H2,(H,9,10);5H,2-4H2,1H3. The Labute approximate surface area is 99.5 Å². The van der Waals surface area contributed by atoms with Crippen LogP contribution in [-0.2, 0) is 0 Å². The van der Waals surface area contributed by atoms with Crippen molar-refractivity contribution in [1.82, 2.24) is 0 Å². The predicted molar refractivity (Wildman–Crippen MR) is 67.9 cm³/mol. The van der Waals surface area contributed by atoms with Crippen LogP contribution >= 0.6 is 11.8 Å². The Morgan fingerprint density at radius 1 is 1.38 bits per heavy atom. The molecule has 5 heteroatoms. The Morgan fingerprint density at radius 3 is 2.25 bits per heavy atom. The molecule has 0 radical (unpaired) electrons. The average Bonchev–Trinajstić information content (AvgIpc) is 2.28. The third-order valence-electron chi connectivity index (χ3n) is 1.60. The molecule has 0 fully saturated rings. The van der Waals surface area contributed by atoms with Crippen LogP contribution in [0.2, 0.25) is 0 Å². The number of anilines is 1. The molecule has 0 spiro atoms. The highest BCUT2D eigenvalue weighted by Gasteiger charge is 1.98. The van der Waals surface area contributed by atoms with Crippen LogP contribution in [0, 0.1) is 0 Å². The van der Waals surface area contributed by atoms with Crippen LogP contribution in [0.5, 0.6) is 0 Å². The number of benzene rings is 1. The Bertz CT molecular complexity index is 297. The summed E-state index contributed by atoms with van der Waals surface area (Å²) in [5, 5.41) is 16.6. The lowest BCUT2D eigenvalue weighted by atomic mass is 10.2. The van der Waals surface area contributed by atoms with Crippen molar-refractivity contribution in [3.05, 3.63) is 29.8 Å². The molecule has 1 rings (SSSR count). The van der Waals surface area contributed by atoms with Gasteiger partial charge in [0.05, 0.1) is 12.2 Å². The number of aliphatic hydroxyl groups is 1. The second-order valence-corrected chi connectivity index (χ2v) is 4.24. The van der Waals surface area contributed by atoms with Gasteiger partial charge in [-0.15, -0.1) is 0 Å². The lowest BCUT2D eigenvalue weighted by Gasteiger charge is -1.93. The Balaban J connectivity index is 0.000000325. The van der Waals surface area contributed by atoms with E-state index in [1.165, 1.54) is 12.1 Å². The number of hydrogen-bond acceptors (Lipinski definition) is 4. The van der Waals surface area contributed by atoms with E-state index >= 15 is 0 Å². The lowest BCUT2D eigenvalue weighted by Crippen LogP contribution is -1.95. The summed E-state index contributed by atoms with van der Waals surface area (Å²) in [7, 11) is 0. The summed E-state index contributed by atoms with van der Waals surface area (Å²) in [6.07, 6.45) is 0. The zero-order valence-electron chi connectivity index (χ0n) is 9.22. The summed E-state index contributed by atoms with van der Waals surface area (Å²) in [5.74, 6) is 1.07. The van der Waals surface area contributed by atoms with Gasteiger partial charge in [0.2, 0.25) is 0 Å². The molecule has 0 aliphatic heterocycles. The first-order chi connectivity index (χ1) is 7.61. The van der Waals surface area contributed by atoms with E-state index in [9.17, 15) is 4.79 Å². The number of carbonyl (C=O) groups is 1. The lowest BCUT2D eigenvalue weighted by molar-refractivity contribution is 0.0697. The van der Waals surface area contributed by atoms with E-state index in [-0.39, 0.29) is 5.56 Å². The van der Waals surface area contributed by atoms with Gasteiger partial charge in [-0.05, 0) is 30.0 Å². The molecule has 0 saturated heterocycles. The van der Waals surface area contributed by atoms with Gasteiger partial charge < -0.3 is 15.9 Å². The van der Waals surface area contributed by atoms with Crippen LogP contribution < -0.4 is 5.73 Å². The number of hydrogen-bond donors (Lipinski definition) is 3. The number of carboxylic acids is 1. The van der Waals surface area contributed by atoms with Crippen LogP contribution in [0.15, 0.2) is 24.3 Å². The van der Waals surface area contributed by atoms with Crippen molar-refractivity contribution in [3.63, 3.8) is 0 Å². The molecule has 90 valence electrons. The van der Waals surface area contributed by atoms with E-state index in [1.807, 2.05) is 0 Å². The first-order valence-corrected chi connectivity index (χ1v) is 6.04. The number of nitrogens with two attached hydrogens (primary N) is 1. The number of rotatable bonds is 4. The highest BCUT2D eigenvalue weighted by atomic mass is 32.2. The summed E-state index contributed by atoms with van der Waals surface area (Å²) in [6, 6.07) is 6.06. The van der Waals surface area contributed by atoms with Crippen molar-refractivity contribution in [2.24, 2.45) is 0 Å². The van der Waals surface area contributed by atoms with Crippen LogP contribution in [0.25, 0.3) is 0 Å². The van der Waals surface area contributed by atoms with Gasteiger partial charge in [-0.25, -0.2) is 4.79 Å². The Kier molecular flexibility index (Phi) is 8.38. The molecule has 0 atom stereocenters. The summed E-state index contributed by atoms with van der Waals surface area (Å²) in [5.41, 5.74) is 6.17. The smallest absolute Gasteiger partial charge is 0.335 e. The summed E-state index contributed by atoms with van der Waals surface area (Å²) in [6.45, 7) is 2.40. The number of nitrogen functional groups attached to an aromatic ring is 1. The van der Waals surface area contributed by atoms with Crippen molar-refractivity contribution in [3.8, 4) is 0 Å². The Hall–Kier alpha value is -1.20. The maximum absolute atomic E-state index is 10.3. The molecule has 0 saturated carbocycles. The van der Waals surface area contributed by atoms with Crippen molar-refractivity contribution in [2.45, 2.75) is 6.92 Å². The zero-order valence-corrected chi connectivity index (χ0v) is 10.0. The molecule has 0 aliphatic rings. The normalized spacial score (nSPS) is 9.12. The van der Waals surface area contributed by atoms with Crippen molar-refractivity contribution in [1.29, 1.82) is 0 Å². The fraction of sp³-hybridized carbons (Fsp3) is 0.364. The van der Waals surface area contributed by atoms with Crippen molar-refractivity contribution in [2.75, 3.05) is 23.8 Å². The summed E-state index contributed by atoms with van der Waals surface area (Å²) >= 11 is 1.76. The molecule has 0 bridgehead atoms. The molecule has 1 aromatic carbocycles. The van der Waals surface area contributed by atoms with Crippen molar-refractivity contribution < 1.29 is 15.0 Å². The topological polar surface area (TPSA) is 83.5 Å². The van der Waals surface area contributed by atoms with Gasteiger partial charge in [0, 0.05) is 11.4 Å². The van der Waals surface area contributed by atoms with E-state index in [0.717, 1.165) is 11.5 Å². The highest BCUT2D eigenvalue weighted by molar-refractivity contribution is 7.99. The van der Waals surface area contributed by atoms with Crippen LogP contribution in [-0.4, -0.2) is 34.3 Å². The number of aromatic carboxylic acids is 1. The molecule has 0 aliphatic carbocycles. The van der Waals surface area contributed by atoms with Crippen LogP contribution in [0.1, 0.15) is 17.3 Å². The van der Waals surface area contributed by atoms with Crippen LogP contribution in [0.4, 0.5) is 5.69 Å². The van der Waals surface area contributed by atoms with Crippen LogP contribution in [0.3, 0.4) is 0 Å². The summed E-state index contributed by atoms with van der Waals surface area (Å²) < 4.78 is 0. The van der Waals surface area contributed by atoms with Gasteiger partial charge in [0.1, 0.15) is 0 Å². The second kappa shape index (κ2) is 9.06. The SMILES string of the molecule is CCSCCO.Nc1ccc(C(=O)O)cc1. The van der Waals surface area contributed by atoms with Gasteiger partial charge >= 0.3 is 5.97 Å². The zero-order chi connectivity index (χ0) is 12.4. The molecule has 0 unspecified atom stereocenters. The van der Waals surface area contributed by atoms with E-state index < -0.39 is 5.97 Å². The molecule has 0 aromatic heterocycles. The molecule has 0 heterocycles. The maximum Gasteiger partial charge on any atom is 0.335 e. The minimum atomic E-state index is -0.931. The highest BCUT2D eigenvalue weighted by Crippen LogP contribution is 2.04.